The number of aliphatic hydroxyl groups excluding tert-OH is 1. The van der Waals surface area contributed by atoms with E-state index >= 15 is 0 Å². The van der Waals surface area contributed by atoms with Crippen molar-refractivity contribution in [3.8, 4) is 0 Å². The summed E-state index contributed by atoms with van der Waals surface area (Å²) < 4.78 is 0. The third kappa shape index (κ3) is 2.52. The Morgan fingerprint density at radius 2 is 1.73 bits per heavy atom. The van der Waals surface area contributed by atoms with Gasteiger partial charge in [-0.25, -0.2) is 0 Å². The number of rotatable bonds is 1. The molecule has 4 aliphatic rings. The smallest absolute Gasteiger partial charge is 0.200 e. The van der Waals surface area contributed by atoms with E-state index in [1.54, 1.807) is 0 Å². The Hall–Kier alpha value is -3.40. The van der Waals surface area contributed by atoms with Gasteiger partial charge in [0, 0.05) is 29.3 Å². The van der Waals surface area contributed by atoms with Crippen molar-refractivity contribution >= 4 is 22.9 Å². The highest BCUT2D eigenvalue weighted by atomic mass is 16.3. The lowest BCUT2D eigenvalue weighted by Gasteiger charge is -2.36. The van der Waals surface area contributed by atoms with Crippen LogP contribution in [0.1, 0.15) is 51.2 Å². The molecular weight excluding hydrogens is 408 g/mol. The molecule has 0 bridgehead atoms. The van der Waals surface area contributed by atoms with Gasteiger partial charge in [-0.2, -0.15) is 0 Å². The number of aliphatic hydroxyl groups is 1. The van der Waals surface area contributed by atoms with Crippen molar-refractivity contribution in [1.29, 1.82) is 0 Å². The monoisotopic (exact) mass is 436 g/mol. The van der Waals surface area contributed by atoms with Crippen molar-refractivity contribution in [3.05, 3.63) is 93.9 Å². The van der Waals surface area contributed by atoms with Crippen molar-refractivity contribution in [2.75, 3.05) is 11.9 Å². The molecule has 0 spiro atoms. The van der Waals surface area contributed by atoms with Gasteiger partial charge in [0.25, 0.3) is 0 Å². The second-order valence-corrected chi connectivity index (χ2v) is 10.3. The summed E-state index contributed by atoms with van der Waals surface area (Å²) in [6.07, 6.45) is 4.64. The molecule has 33 heavy (non-hydrogen) atoms. The number of aliphatic imine (C=N–C) groups is 1. The largest absolute Gasteiger partial charge is 0.506 e. The Morgan fingerprint density at radius 3 is 2.45 bits per heavy atom. The van der Waals surface area contributed by atoms with E-state index in [9.17, 15) is 9.90 Å². The molecule has 1 N–H and O–H groups in total. The second-order valence-electron chi connectivity index (χ2n) is 10.3. The quantitative estimate of drug-likeness (QED) is 0.540. The van der Waals surface area contributed by atoms with E-state index in [2.05, 4.69) is 49.9 Å². The average molecular weight is 437 g/mol. The molecule has 1 fully saturated rings. The number of nitrogens with zero attached hydrogens (tertiary/aromatic N) is 2. The number of hydrogen-bond donors (Lipinski definition) is 1. The van der Waals surface area contributed by atoms with Gasteiger partial charge in [-0.05, 0) is 61.1 Å². The van der Waals surface area contributed by atoms with Crippen LogP contribution in [0.25, 0.3) is 0 Å². The molecule has 166 valence electrons. The van der Waals surface area contributed by atoms with Crippen LogP contribution >= 0.6 is 0 Å². The highest BCUT2D eigenvalue weighted by Crippen LogP contribution is 2.52. The Bertz CT molecular complexity index is 1370. The molecule has 1 unspecified atom stereocenters. The fourth-order valence-corrected chi connectivity index (χ4v) is 6.27. The highest BCUT2D eigenvalue weighted by Gasteiger charge is 2.47. The first-order valence-electron chi connectivity index (χ1n) is 11.7. The molecule has 0 amide bonds. The molecule has 2 aliphatic carbocycles. The summed E-state index contributed by atoms with van der Waals surface area (Å²) in [5, 5.41) is 11.1. The number of Topliss-reactive ketones (excluding diaryl/α,β-unsaturated/α-hetero) is 1. The first kappa shape index (κ1) is 20.2. The van der Waals surface area contributed by atoms with Crippen LogP contribution in [0.5, 0.6) is 0 Å². The fourth-order valence-electron chi connectivity index (χ4n) is 6.27. The summed E-state index contributed by atoms with van der Waals surface area (Å²) in [7, 11) is 2.02. The fraction of sp³-hybridized carbons (Fsp3) is 0.310. The molecule has 4 heteroatoms. The molecule has 0 saturated heterocycles. The number of para-hydroxylation sites is 2. The molecule has 1 saturated carbocycles. The highest BCUT2D eigenvalue weighted by molar-refractivity contribution is 6.27. The van der Waals surface area contributed by atoms with Crippen LogP contribution in [0.2, 0.25) is 0 Å². The second kappa shape index (κ2) is 6.57. The normalized spacial score (nSPS) is 28.5. The van der Waals surface area contributed by atoms with Crippen LogP contribution in [-0.2, 0) is 15.6 Å². The zero-order valence-electron chi connectivity index (χ0n) is 19.6. The lowest BCUT2D eigenvalue weighted by Crippen LogP contribution is -2.37. The number of carbonyl (C=O) groups excluding carboxylic acids is 1. The molecule has 0 radical (unpaired) electrons. The maximum Gasteiger partial charge on any atom is 0.200 e. The van der Waals surface area contributed by atoms with Crippen LogP contribution < -0.4 is 4.90 Å². The topological polar surface area (TPSA) is 52.9 Å². The van der Waals surface area contributed by atoms with E-state index < -0.39 is 0 Å². The lowest BCUT2D eigenvalue weighted by molar-refractivity contribution is -0.113. The van der Waals surface area contributed by atoms with Crippen LogP contribution in [0.4, 0.5) is 11.4 Å². The van der Waals surface area contributed by atoms with E-state index in [1.807, 2.05) is 37.4 Å². The Labute approximate surface area is 194 Å². The SMILES string of the molecule is CN1/C(=C\C2=C(O)C(=C3\CCCC4(C)C3=Nc3ccccc34)/C2=O)C(C)(C)c2ccccc21. The third-order valence-corrected chi connectivity index (χ3v) is 8.13. The van der Waals surface area contributed by atoms with Gasteiger partial charge >= 0.3 is 0 Å². The van der Waals surface area contributed by atoms with Gasteiger partial charge in [0.05, 0.1) is 22.5 Å². The Balaban J connectivity index is 1.44. The summed E-state index contributed by atoms with van der Waals surface area (Å²) in [6, 6.07) is 16.5. The number of fused-ring (bicyclic) bond motifs is 4. The molecule has 2 aromatic carbocycles. The average Bonchev–Trinajstić information content (AvgIpc) is 3.21. The van der Waals surface area contributed by atoms with Gasteiger partial charge < -0.3 is 10.0 Å². The van der Waals surface area contributed by atoms with E-state index in [-0.39, 0.29) is 22.4 Å². The Kier molecular flexibility index (Phi) is 4.02. The zero-order chi connectivity index (χ0) is 23.1. The first-order valence-corrected chi connectivity index (χ1v) is 11.7. The molecule has 6 rings (SSSR count). The first-order chi connectivity index (χ1) is 15.7. The lowest BCUT2D eigenvalue weighted by atomic mass is 9.66. The molecule has 2 heterocycles. The van der Waals surface area contributed by atoms with Gasteiger partial charge in [0.1, 0.15) is 5.76 Å². The van der Waals surface area contributed by atoms with E-state index in [0.29, 0.717) is 11.1 Å². The maximum atomic E-state index is 13.4. The molecule has 0 aromatic heterocycles. The predicted molar refractivity (Wildman–Crippen MR) is 132 cm³/mol. The van der Waals surface area contributed by atoms with Gasteiger partial charge in [-0.15, -0.1) is 0 Å². The number of anilines is 1. The number of ketones is 1. The summed E-state index contributed by atoms with van der Waals surface area (Å²) >= 11 is 0. The third-order valence-electron chi connectivity index (χ3n) is 8.13. The molecule has 2 aromatic rings. The summed E-state index contributed by atoms with van der Waals surface area (Å²) in [4.78, 5) is 20.5. The van der Waals surface area contributed by atoms with Crippen LogP contribution in [-0.4, -0.2) is 23.6 Å². The minimum absolute atomic E-state index is 0.0712. The van der Waals surface area contributed by atoms with Crippen molar-refractivity contribution in [3.63, 3.8) is 0 Å². The summed E-state index contributed by atoms with van der Waals surface area (Å²) in [5.74, 6) is 0.0450. The molecule has 2 aliphatic heterocycles. The van der Waals surface area contributed by atoms with E-state index in [1.165, 1.54) is 11.1 Å². The number of carbonyl (C=O) groups is 1. The van der Waals surface area contributed by atoms with Crippen LogP contribution in [0.3, 0.4) is 0 Å². The minimum Gasteiger partial charge on any atom is -0.506 e. The molecule has 4 nitrogen and oxygen atoms in total. The zero-order valence-corrected chi connectivity index (χ0v) is 19.6. The van der Waals surface area contributed by atoms with Crippen LogP contribution in [0, 0.1) is 0 Å². The van der Waals surface area contributed by atoms with Gasteiger partial charge in [-0.1, -0.05) is 50.2 Å². The Morgan fingerprint density at radius 1 is 1.03 bits per heavy atom. The van der Waals surface area contributed by atoms with Gasteiger partial charge in [0.2, 0.25) is 5.78 Å². The van der Waals surface area contributed by atoms with E-state index in [4.69, 9.17) is 4.99 Å². The van der Waals surface area contributed by atoms with Gasteiger partial charge in [-0.3, -0.25) is 9.79 Å². The maximum absolute atomic E-state index is 13.4. The summed E-state index contributed by atoms with van der Waals surface area (Å²) in [6.45, 7) is 6.55. The van der Waals surface area contributed by atoms with Crippen LogP contribution in [0.15, 0.2) is 87.8 Å². The number of allylic oxidation sites excluding steroid dienone is 5. The van der Waals surface area contributed by atoms with Crippen molar-refractivity contribution in [1.82, 2.24) is 0 Å². The van der Waals surface area contributed by atoms with E-state index in [0.717, 1.165) is 47.6 Å². The molecular formula is C29H28N2O2. The summed E-state index contributed by atoms with van der Waals surface area (Å²) in [5.41, 5.74) is 7.91. The molecule has 1 atom stereocenters. The number of benzene rings is 2. The van der Waals surface area contributed by atoms with Crippen molar-refractivity contribution in [2.45, 2.75) is 50.9 Å². The standard InChI is InChI=1S/C29H28N2O2/c1-28(2)20-12-6-8-14-22(20)31(4)23(28)16-18-25(32)24(26(18)33)17-10-9-15-29(3)19-11-5-7-13-21(19)30-27(17)29/h5-8,11-14,16,32H,9-10,15H2,1-4H3/b23-16-,24-17-. The van der Waals surface area contributed by atoms with Crippen molar-refractivity contribution < 1.29 is 9.90 Å². The predicted octanol–water partition coefficient (Wildman–Crippen LogP) is 6.22. The van der Waals surface area contributed by atoms with Crippen molar-refractivity contribution in [2.24, 2.45) is 4.99 Å². The minimum atomic E-state index is -0.248. The number of hydrogen-bond acceptors (Lipinski definition) is 4. The van der Waals surface area contributed by atoms with Gasteiger partial charge in [0.15, 0.2) is 0 Å². The number of likely N-dealkylation sites (N-methyl/N-ethyl adjacent to an activating group) is 1.